The van der Waals surface area contributed by atoms with Gasteiger partial charge in [0.25, 0.3) is 5.91 Å². The van der Waals surface area contributed by atoms with Crippen LogP contribution < -0.4 is 25.6 Å². The van der Waals surface area contributed by atoms with Crippen LogP contribution in [0.25, 0.3) is 0 Å². The Morgan fingerprint density at radius 1 is 1.08 bits per heavy atom. The van der Waals surface area contributed by atoms with Gasteiger partial charge in [0.15, 0.2) is 11.5 Å². The smallest absolute Gasteiger partial charge is 0.327 e. The molecule has 9 heteroatoms. The van der Waals surface area contributed by atoms with Gasteiger partial charge in [-0.3, -0.25) is 25.2 Å². The lowest BCUT2D eigenvalue weighted by Crippen LogP contribution is -2.49. The number of hydrogen-bond acceptors (Lipinski definition) is 5. The number of ether oxygens (including phenoxy) is 2. The van der Waals surface area contributed by atoms with Crippen molar-refractivity contribution in [2.24, 2.45) is 0 Å². The van der Waals surface area contributed by atoms with Crippen molar-refractivity contribution in [2.45, 2.75) is 40.2 Å². The Labute approximate surface area is 157 Å². The van der Waals surface area contributed by atoms with E-state index in [-0.39, 0.29) is 16.6 Å². The lowest BCUT2D eigenvalue weighted by Gasteiger charge is -2.15. The third-order valence-corrected chi connectivity index (χ3v) is 3.22. The zero-order valence-electron chi connectivity index (χ0n) is 15.3. The van der Waals surface area contributed by atoms with E-state index in [4.69, 9.17) is 21.1 Å². The predicted octanol–water partition coefficient (Wildman–Crippen LogP) is 1.81. The van der Waals surface area contributed by atoms with Crippen LogP contribution in [0.4, 0.5) is 0 Å². The van der Waals surface area contributed by atoms with E-state index in [2.05, 4.69) is 10.7 Å². The first-order valence-corrected chi connectivity index (χ1v) is 8.68. The minimum absolute atomic E-state index is 0.145. The Morgan fingerprint density at radius 2 is 1.77 bits per heavy atom. The van der Waals surface area contributed by atoms with E-state index >= 15 is 0 Å². The normalized spacial score (nSPS) is 10.2. The monoisotopic (exact) mass is 385 g/mol. The van der Waals surface area contributed by atoms with Crippen molar-refractivity contribution >= 4 is 29.3 Å². The maximum absolute atomic E-state index is 12.2. The number of carbonyl (C=O) groups excluding carboxylic acids is 3. The van der Waals surface area contributed by atoms with Gasteiger partial charge in [0.05, 0.1) is 18.2 Å². The summed E-state index contributed by atoms with van der Waals surface area (Å²) in [7, 11) is 0. The van der Waals surface area contributed by atoms with Crippen molar-refractivity contribution in [3.8, 4) is 11.5 Å². The van der Waals surface area contributed by atoms with E-state index < -0.39 is 17.7 Å². The Balaban J connectivity index is 2.85. The van der Waals surface area contributed by atoms with Crippen LogP contribution in [0.3, 0.4) is 0 Å². The van der Waals surface area contributed by atoms with Crippen LogP contribution in [-0.2, 0) is 9.59 Å². The Hall–Kier alpha value is -2.48. The van der Waals surface area contributed by atoms with Gasteiger partial charge in [0.2, 0.25) is 0 Å². The summed E-state index contributed by atoms with van der Waals surface area (Å²) in [6.45, 7) is 7.97. The van der Waals surface area contributed by atoms with E-state index in [0.717, 1.165) is 6.42 Å². The zero-order chi connectivity index (χ0) is 19.7. The molecule has 1 rings (SSSR count). The number of nitrogens with one attached hydrogen (secondary N) is 3. The molecule has 0 aliphatic carbocycles. The van der Waals surface area contributed by atoms with Crippen LogP contribution in [0.15, 0.2) is 12.1 Å². The minimum atomic E-state index is -0.980. The highest BCUT2D eigenvalue weighted by molar-refractivity contribution is 6.35. The molecule has 0 aromatic heterocycles. The predicted molar refractivity (Wildman–Crippen MR) is 97.3 cm³/mol. The number of amides is 3. The van der Waals surface area contributed by atoms with Gasteiger partial charge in [-0.25, -0.2) is 0 Å². The third-order valence-electron chi connectivity index (χ3n) is 2.94. The summed E-state index contributed by atoms with van der Waals surface area (Å²) in [5.41, 5.74) is 4.34. The second-order valence-corrected chi connectivity index (χ2v) is 6.01. The summed E-state index contributed by atoms with van der Waals surface area (Å²) in [6, 6.07) is 2.65. The third kappa shape index (κ3) is 6.44. The van der Waals surface area contributed by atoms with Gasteiger partial charge in [-0.15, -0.1) is 0 Å². The average molecular weight is 386 g/mol. The summed E-state index contributed by atoms with van der Waals surface area (Å²) in [5.74, 6) is -1.81. The number of hydrazine groups is 1. The van der Waals surface area contributed by atoms with Crippen molar-refractivity contribution in [1.29, 1.82) is 0 Å². The second-order valence-electron chi connectivity index (χ2n) is 5.60. The Kier molecular flexibility index (Phi) is 8.71. The highest BCUT2D eigenvalue weighted by atomic mass is 35.5. The molecule has 0 saturated heterocycles. The molecule has 0 saturated carbocycles. The highest BCUT2D eigenvalue weighted by Gasteiger charge is 2.18. The van der Waals surface area contributed by atoms with Crippen LogP contribution in [-0.4, -0.2) is 37.0 Å². The van der Waals surface area contributed by atoms with Gasteiger partial charge in [-0.05, 0) is 39.3 Å². The van der Waals surface area contributed by atoms with Crippen molar-refractivity contribution in [3.63, 3.8) is 0 Å². The van der Waals surface area contributed by atoms with Crippen LogP contribution in [0.1, 0.15) is 44.5 Å². The maximum atomic E-state index is 12.2. The van der Waals surface area contributed by atoms with E-state index in [0.29, 0.717) is 24.7 Å². The fraction of sp³-hybridized carbons (Fsp3) is 0.471. The molecule has 3 N–H and O–H groups in total. The van der Waals surface area contributed by atoms with Gasteiger partial charge in [0.1, 0.15) is 0 Å². The fourth-order valence-corrected chi connectivity index (χ4v) is 2.14. The quantitative estimate of drug-likeness (QED) is 0.490. The van der Waals surface area contributed by atoms with Crippen molar-refractivity contribution < 1.29 is 23.9 Å². The lowest BCUT2D eigenvalue weighted by atomic mass is 10.2. The first kappa shape index (κ1) is 21.6. The molecule has 0 heterocycles. The van der Waals surface area contributed by atoms with E-state index in [9.17, 15) is 14.4 Å². The summed E-state index contributed by atoms with van der Waals surface area (Å²) in [6.07, 6.45) is 0.786. The molecule has 0 bridgehead atoms. The lowest BCUT2D eigenvalue weighted by molar-refractivity contribution is -0.139. The molecular formula is C17H24ClN3O5. The van der Waals surface area contributed by atoms with E-state index in [1.165, 1.54) is 12.1 Å². The SMILES string of the molecule is CCCOc1c(Cl)cc(C(=O)NNC(=O)C(=O)NC(C)C)cc1OCC. The summed E-state index contributed by atoms with van der Waals surface area (Å²) < 4.78 is 11.0. The molecule has 8 nitrogen and oxygen atoms in total. The van der Waals surface area contributed by atoms with Crippen LogP contribution >= 0.6 is 11.6 Å². The molecule has 144 valence electrons. The molecule has 0 fully saturated rings. The standard InChI is InChI=1S/C17H24ClN3O5/c1-5-7-26-14-12(18)8-11(9-13(14)25-6-2)15(22)20-21-17(24)16(23)19-10(3)4/h8-10H,5-7H2,1-4H3,(H,19,23)(H,20,22)(H,21,24). The Morgan fingerprint density at radius 3 is 2.35 bits per heavy atom. The largest absolute Gasteiger partial charge is 0.490 e. The van der Waals surface area contributed by atoms with Crippen molar-refractivity contribution in [3.05, 3.63) is 22.7 Å². The van der Waals surface area contributed by atoms with Gasteiger partial charge in [-0.2, -0.15) is 0 Å². The van der Waals surface area contributed by atoms with Crippen molar-refractivity contribution in [1.82, 2.24) is 16.2 Å². The van der Waals surface area contributed by atoms with Crippen LogP contribution in [0.5, 0.6) is 11.5 Å². The van der Waals surface area contributed by atoms with Crippen molar-refractivity contribution in [2.75, 3.05) is 13.2 Å². The summed E-state index contributed by atoms with van der Waals surface area (Å²) in [5, 5.41) is 2.61. The molecule has 0 aliphatic heterocycles. The van der Waals surface area contributed by atoms with Gasteiger partial charge in [0, 0.05) is 11.6 Å². The van der Waals surface area contributed by atoms with Crippen LogP contribution in [0, 0.1) is 0 Å². The van der Waals surface area contributed by atoms with Gasteiger partial charge < -0.3 is 14.8 Å². The molecule has 0 spiro atoms. The fourth-order valence-electron chi connectivity index (χ4n) is 1.88. The zero-order valence-corrected chi connectivity index (χ0v) is 16.0. The molecule has 0 unspecified atom stereocenters. The first-order valence-electron chi connectivity index (χ1n) is 8.30. The number of hydrogen-bond donors (Lipinski definition) is 3. The molecule has 26 heavy (non-hydrogen) atoms. The molecule has 1 aromatic carbocycles. The average Bonchev–Trinajstić information content (AvgIpc) is 2.58. The van der Waals surface area contributed by atoms with E-state index in [1.54, 1.807) is 20.8 Å². The molecule has 3 amide bonds. The molecule has 1 aromatic rings. The Bertz CT molecular complexity index is 664. The summed E-state index contributed by atoms with van der Waals surface area (Å²) in [4.78, 5) is 35.3. The second kappa shape index (κ2) is 10.5. The topological polar surface area (TPSA) is 106 Å². The number of carbonyl (C=O) groups is 3. The number of halogens is 1. The maximum Gasteiger partial charge on any atom is 0.327 e. The van der Waals surface area contributed by atoms with Crippen LogP contribution in [0.2, 0.25) is 5.02 Å². The molecule has 0 radical (unpaired) electrons. The van der Waals surface area contributed by atoms with Gasteiger partial charge in [-0.1, -0.05) is 18.5 Å². The van der Waals surface area contributed by atoms with E-state index in [1.807, 2.05) is 12.3 Å². The number of benzene rings is 1. The number of rotatable bonds is 7. The summed E-state index contributed by atoms with van der Waals surface area (Å²) >= 11 is 6.18. The highest BCUT2D eigenvalue weighted by Crippen LogP contribution is 2.36. The first-order chi connectivity index (χ1) is 12.3. The molecule has 0 aliphatic rings. The molecular weight excluding hydrogens is 362 g/mol. The minimum Gasteiger partial charge on any atom is -0.490 e. The molecule has 0 atom stereocenters. The van der Waals surface area contributed by atoms with Gasteiger partial charge >= 0.3 is 11.8 Å².